The van der Waals surface area contributed by atoms with Crippen molar-refractivity contribution in [3.63, 3.8) is 0 Å². The van der Waals surface area contributed by atoms with E-state index < -0.39 is 57.3 Å². The average Bonchev–Trinajstić information content (AvgIpc) is 3.75. The monoisotopic (exact) mass is 638 g/mol. The maximum Gasteiger partial charge on any atom is 0.336 e. The minimum atomic E-state index is -2.02. The molecule has 0 bridgehead atoms. The molecule has 12 heteroatoms. The number of halogens is 2. The van der Waals surface area contributed by atoms with Gasteiger partial charge in [-0.05, 0) is 81.1 Å². The molecule has 5 unspecified atom stereocenters. The fraction of sp³-hybridized carbons (Fsp3) is 0.606. The maximum atomic E-state index is 18.1. The van der Waals surface area contributed by atoms with Gasteiger partial charge in [0.15, 0.2) is 11.7 Å². The van der Waals surface area contributed by atoms with Gasteiger partial charge in [-0.3, -0.25) is 4.79 Å². The van der Waals surface area contributed by atoms with Crippen molar-refractivity contribution in [3.05, 3.63) is 47.3 Å². The van der Waals surface area contributed by atoms with Crippen LogP contribution < -0.4 is 0 Å². The van der Waals surface area contributed by atoms with Crippen molar-refractivity contribution in [2.45, 2.75) is 88.7 Å². The maximum absolute atomic E-state index is 18.1. The Labute approximate surface area is 264 Å². The van der Waals surface area contributed by atoms with Crippen LogP contribution in [0.25, 0.3) is 11.8 Å². The van der Waals surface area contributed by atoms with E-state index in [1.807, 2.05) is 26.0 Å². The van der Waals surface area contributed by atoms with E-state index in [1.54, 1.807) is 16.9 Å². The van der Waals surface area contributed by atoms with Gasteiger partial charge >= 0.3 is 5.97 Å². The number of aromatic nitrogens is 3. The van der Waals surface area contributed by atoms with E-state index in [-0.39, 0.29) is 24.5 Å². The highest BCUT2D eigenvalue weighted by atomic mass is 32.2. The predicted octanol–water partition coefficient (Wildman–Crippen LogP) is 4.90. The zero-order valence-electron chi connectivity index (χ0n) is 25.3. The van der Waals surface area contributed by atoms with Gasteiger partial charge in [-0.2, -0.15) is 14.8 Å². The van der Waals surface area contributed by atoms with Crippen molar-refractivity contribution in [1.29, 1.82) is 5.26 Å². The molecule has 7 rings (SSSR count). The van der Waals surface area contributed by atoms with Crippen LogP contribution in [0.15, 0.2) is 30.1 Å². The summed E-state index contributed by atoms with van der Waals surface area (Å²) in [4.78, 5) is 31.0. The minimum Gasteiger partial charge on any atom is -0.448 e. The molecule has 0 amide bonds. The smallest absolute Gasteiger partial charge is 0.336 e. The number of rotatable bonds is 5. The van der Waals surface area contributed by atoms with Gasteiger partial charge in [0.1, 0.15) is 5.67 Å². The standard InChI is InChI=1S/C33H36F2N4O5S/c1-30-15-19-17-38-39(21-6-8-27(34)37-18-21)24(19)14-20(30)5-7-23-22-9-10-32(29(42)45-13-11-36,44-28(41)25-4-3-12-43-25)31(22,2)16-26(40)33(23,30)35/h6,8,14,17-18,22-23,25-26,40H,3-5,7,9-10,12-13,15-16H2,1-2H3/t22-,23?,25?,26?,30?,31-,32?,33-/m0/s1. The number of esters is 1. The third-order valence-electron chi connectivity index (χ3n) is 11.7. The molecule has 4 fully saturated rings. The van der Waals surface area contributed by atoms with Gasteiger partial charge in [0, 0.05) is 23.4 Å². The van der Waals surface area contributed by atoms with E-state index in [4.69, 9.17) is 9.47 Å². The predicted molar refractivity (Wildman–Crippen MR) is 160 cm³/mol. The van der Waals surface area contributed by atoms with Gasteiger partial charge in [0.2, 0.25) is 11.1 Å². The Morgan fingerprint density at radius 3 is 2.78 bits per heavy atom. The molecule has 0 aromatic carbocycles. The summed E-state index contributed by atoms with van der Waals surface area (Å²) in [6.45, 7) is 4.17. The molecule has 8 atom stereocenters. The number of nitriles is 1. The van der Waals surface area contributed by atoms with Crippen LogP contribution >= 0.6 is 11.8 Å². The first-order valence-electron chi connectivity index (χ1n) is 15.6. The highest BCUT2D eigenvalue weighted by Gasteiger charge is 2.76. The van der Waals surface area contributed by atoms with Crippen LogP contribution in [-0.2, 0) is 25.5 Å². The van der Waals surface area contributed by atoms with Crippen molar-refractivity contribution in [3.8, 4) is 11.8 Å². The number of pyridine rings is 1. The summed E-state index contributed by atoms with van der Waals surface area (Å²) < 4.78 is 45.1. The van der Waals surface area contributed by atoms with Gasteiger partial charge < -0.3 is 14.6 Å². The lowest BCUT2D eigenvalue weighted by Crippen LogP contribution is -2.70. The Hall–Kier alpha value is -3.14. The molecule has 9 nitrogen and oxygen atoms in total. The van der Waals surface area contributed by atoms with Crippen molar-refractivity contribution >= 4 is 28.9 Å². The van der Waals surface area contributed by atoms with Crippen LogP contribution in [0.5, 0.6) is 0 Å². The minimum absolute atomic E-state index is 0.0709. The van der Waals surface area contributed by atoms with Crippen LogP contribution in [0.2, 0.25) is 0 Å². The van der Waals surface area contributed by atoms with Crippen molar-refractivity contribution in [2.75, 3.05) is 12.4 Å². The number of hydrogen-bond donors (Lipinski definition) is 1. The number of carbonyl (C=O) groups excluding carboxylic acids is 2. The summed E-state index contributed by atoms with van der Waals surface area (Å²) in [5.41, 5.74) is -2.64. The molecule has 1 aliphatic heterocycles. The number of fused-ring (bicyclic) bond motifs is 6. The van der Waals surface area contributed by atoms with Gasteiger partial charge in [-0.1, -0.05) is 31.2 Å². The Morgan fingerprint density at radius 1 is 1.24 bits per heavy atom. The van der Waals surface area contributed by atoms with Gasteiger partial charge in [-0.15, -0.1) is 0 Å². The van der Waals surface area contributed by atoms with Gasteiger partial charge in [0.25, 0.3) is 0 Å². The number of thioether (sulfide) groups is 1. The molecular weight excluding hydrogens is 602 g/mol. The van der Waals surface area contributed by atoms with Crippen LogP contribution in [0, 0.1) is 39.9 Å². The summed E-state index contributed by atoms with van der Waals surface area (Å²) in [5, 5.41) is 25.3. The summed E-state index contributed by atoms with van der Waals surface area (Å²) >= 11 is 0.815. The molecule has 3 saturated carbocycles. The highest BCUT2D eigenvalue weighted by Crippen LogP contribution is 2.71. The van der Waals surface area contributed by atoms with Crippen molar-refractivity contribution in [2.24, 2.45) is 22.7 Å². The first kappa shape index (κ1) is 30.5. The summed E-state index contributed by atoms with van der Waals surface area (Å²) in [6.07, 6.45) is 5.98. The third-order valence-corrected chi connectivity index (χ3v) is 12.6. The molecule has 4 aliphatic carbocycles. The molecule has 0 radical (unpaired) electrons. The third kappa shape index (κ3) is 4.22. The second-order valence-electron chi connectivity index (χ2n) is 13.7. The summed E-state index contributed by atoms with van der Waals surface area (Å²) in [7, 11) is 0. The Bertz CT molecular complexity index is 1620. The molecule has 1 N–H and O–H groups in total. The van der Waals surface area contributed by atoms with Crippen molar-refractivity contribution in [1.82, 2.24) is 14.8 Å². The molecule has 238 valence electrons. The zero-order valence-corrected chi connectivity index (χ0v) is 26.1. The summed E-state index contributed by atoms with van der Waals surface area (Å²) in [6, 6.07) is 4.85. The lowest BCUT2D eigenvalue weighted by Gasteiger charge is -2.63. The first-order chi connectivity index (χ1) is 21.5. The number of carbonyl (C=O) groups is 2. The average molecular weight is 639 g/mol. The van der Waals surface area contributed by atoms with Crippen LogP contribution in [-0.4, -0.2) is 66.8 Å². The number of hydrogen-bond acceptors (Lipinski definition) is 9. The largest absolute Gasteiger partial charge is 0.448 e. The van der Waals surface area contributed by atoms with E-state index in [0.717, 1.165) is 28.6 Å². The van der Waals surface area contributed by atoms with E-state index >= 15 is 4.39 Å². The van der Waals surface area contributed by atoms with E-state index in [0.29, 0.717) is 50.8 Å². The quantitative estimate of drug-likeness (QED) is 0.360. The van der Waals surface area contributed by atoms with E-state index in [1.165, 1.54) is 12.3 Å². The second-order valence-corrected chi connectivity index (χ2v) is 14.6. The Kier molecular flexibility index (Phi) is 7.26. The van der Waals surface area contributed by atoms with Crippen LogP contribution in [0.4, 0.5) is 8.78 Å². The molecule has 1 saturated heterocycles. The molecule has 45 heavy (non-hydrogen) atoms. The normalized spacial score (nSPS) is 38.3. The number of ether oxygens (including phenoxy) is 2. The molecule has 2 aromatic rings. The number of allylic oxidation sites excluding steroid dienone is 1. The number of aliphatic hydroxyl groups excluding tert-OH is 1. The molecule has 3 heterocycles. The van der Waals surface area contributed by atoms with E-state index in [9.17, 15) is 24.3 Å². The second kappa shape index (κ2) is 10.7. The number of alkyl halides is 1. The first-order valence-corrected chi connectivity index (χ1v) is 16.6. The van der Waals surface area contributed by atoms with Crippen LogP contribution in [0.3, 0.4) is 0 Å². The topological polar surface area (TPSA) is 127 Å². The molecule has 0 spiro atoms. The van der Waals surface area contributed by atoms with Gasteiger partial charge in [0.05, 0.1) is 41.7 Å². The fourth-order valence-electron chi connectivity index (χ4n) is 9.50. The number of nitrogens with zero attached hydrogens (tertiary/aromatic N) is 4. The Morgan fingerprint density at radius 2 is 2.07 bits per heavy atom. The SMILES string of the molecule is CC12Cc3cnn(-c4ccc(F)nc4)c3C=C1CCC1[C@@H]3CCC(OC(=O)C4CCCO4)(C(=O)SCC#N)[C@@]3(C)CC(O)[C@@]12F. The molecule has 5 aliphatic rings. The lowest BCUT2D eigenvalue weighted by molar-refractivity contribution is -0.230. The lowest BCUT2D eigenvalue weighted by atomic mass is 9.44. The molecular formula is C33H36F2N4O5S. The van der Waals surface area contributed by atoms with Crippen molar-refractivity contribution < 1.29 is 33.0 Å². The van der Waals surface area contributed by atoms with Gasteiger partial charge in [-0.25, -0.2) is 18.9 Å². The summed E-state index contributed by atoms with van der Waals surface area (Å²) in [5.74, 6) is -2.25. The zero-order chi connectivity index (χ0) is 31.8. The van der Waals surface area contributed by atoms with Crippen LogP contribution in [0.1, 0.15) is 70.1 Å². The number of aliphatic hydroxyl groups is 1. The Balaban J connectivity index is 1.25. The fourth-order valence-corrected chi connectivity index (χ4v) is 10.3. The molecule has 2 aromatic heterocycles. The highest BCUT2D eigenvalue weighted by molar-refractivity contribution is 8.14. The van der Waals surface area contributed by atoms with E-state index in [2.05, 4.69) is 10.1 Å².